The van der Waals surface area contributed by atoms with Crippen LogP contribution in [0.3, 0.4) is 0 Å². The largest absolute Gasteiger partial charge is 0.457 e. The van der Waals surface area contributed by atoms with E-state index in [4.69, 9.17) is 4.42 Å². The zero-order valence-corrected chi connectivity index (χ0v) is 14.4. The van der Waals surface area contributed by atoms with Gasteiger partial charge in [-0.3, -0.25) is 4.79 Å². The molecule has 0 unspecified atom stereocenters. The lowest BCUT2D eigenvalue weighted by Gasteiger charge is -2.18. The molecule has 1 aromatic carbocycles. The number of nitriles is 1. The standard InChI is InChI=1S/C19H17N3O2S/c20-12-19(9-3-4-10-19)18(23)21-11-13-7-8-15(24-13)17-22-14-5-1-2-6-16(14)25-17/h1-2,5-8H,3-4,9-11H2,(H,21,23). The Balaban J connectivity index is 1.46. The van der Waals surface area contributed by atoms with Gasteiger partial charge < -0.3 is 9.73 Å². The Kier molecular flexibility index (Phi) is 4.02. The van der Waals surface area contributed by atoms with Crippen LogP contribution in [-0.2, 0) is 11.3 Å². The van der Waals surface area contributed by atoms with Gasteiger partial charge in [-0.15, -0.1) is 11.3 Å². The van der Waals surface area contributed by atoms with Gasteiger partial charge in [0.05, 0.1) is 22.8 Å². The third-order valence-corrected chi connectivity index (χ3v) is 5.75. The van der Waals surface area contributed by atoms with Crippen molar-refractivity contribution in [3.05, 3.63) is 42.2 Å². The van der Waals surface area contributed by atoms with Crippen molar-refractivity contribution in [1.82, 2.24) is 10.3 Å². The van der Waals surface area contributed by atoms with Gasteiger partial charge in [-0.1, -0.05) is 25.0 Å². The molecule has 1 N–H and O–H groups in total. The van der Waals surface area contributed by atoms with Crippen LogP contribution >= 0.6 is 11.3 Å². The van der Waals surface area contributed by atoms with Crippen molar-refractivity contribution in [1.29, 1.82) is 5.26 Å². The fourth-order valence-corrected chi connectivity index (χ4v) is 4.20. The van der Waals surface area contributed by atoms with Gasteiger partial charge >= 0.3 is 0 Å². The van der Waals surface area contributed by atoms with E-state index >= 15 is 0 Å². The molecule has 0 atom stereocenters. The maximum atomic E-state index is 12.4. The van der Waals surface area contributed by atoms with Crippen LogP contribution < -0.4 is 5.32 Å². The van der Waals surface area contributed by atoms with Crippen LogP contribution in [0.25, 0.3) is 21.0 Å². The smallest absolute Gasteiger partial charge is 0.240 e. The molecular formula is C19H17N3O2S. The summed E-state index contributed by atoms with van der Waals surface area (Å²) in [6.45, 7) is 0.285. The third kappa shape index (κ3) is 2.92. The van der Waals surface area contributed by atoms with Crippen molar-refractivity contribution in [2.45, 2.75) is 32.2 Å². The van der Waals surface area contributed by atoms with Crippen molar-refractivity contribution in [2.75, 3.05) is 0 Å². The van der Waals surface area contributed by atoms with E-state index in [9.17, 15) is 10.1 Å². The summed E-state index contributed by atoms with van der Waals surface area (Å²) >= 11 is 1.58. The molecule has 126 valence electrons. The van der Waals surface area contributed by atoms with E-state index in [1.54, 1.807) is 11.3 Å². The molecule has 1 aliphatic carbocycles. The van der Waals surface area contributed by atoms with Crippen molar-refractivity contribution < 1.29 is 9.21 Å². The average molecular weight is 351 g/mol. The summed E-state index contributed by atoms with van der Waals surface area (Å²) in [5, 5.41) is 13.0. The number of hydrogen-bond acceptors (Lipinski definition) is 5. The lowest BCUT2D eigenvalue weighted by Crippen LogP contribution is -2.37. The summed E-state index contributed by atoms with van der Waals surface area (Å²) in [5.74, 6) is 1.17. The molecule has 0 saturated heterocycles. The highest BCUT2D eigenvalue weighted by Crippen LogP contribution is 2.37. The maximum Gasteiger partial charge on any atom is 0.240 e. The van der Waals surface area contributed by atoms with E-state index in [1.165, 1.54) is 0 Å². The molecule has 4 rings (SSSR count). The molecule has 0 aliphatic heterocycles. The molecule has 1 amide bonds. The van der Waals surface area contributed by atoms with Gasteiger partial charge in [-0.25, -0.2) is 4.98 Å². The number of carbonyl (C=O) groups is 1. The second-order valence-corrected chi connectivity index (χ2v) is 7.37. The highest BCUT2D eigenvalue weighted by atomic mass is 32.1. The SMILES string of the molecule is N#CC1(C(=O)NCc2ccc(-c3nc4ccccc4s3)o2)CCCC1. The van der Waals surface area contributed by atoms with Crippen molar-refractivity contribution in [2.24, 2.45) is 5.41 Å². The van der Waals surface area contributed by atoms with Gasteiger partial charge in [-0.05, 0) is 37.1 Å². The Morgan fingerprint density at radius 3 is 2.84 bits per heavy atom. The van der Waals surface area contributed by atoms with E-state index in [0.29, 0.717) is 24.4 Å². The van der Waals surface area contributed by atoms with Crippen LogP contribution in [0.2, 0.25) is 0 Å². The number of benzene rings is 1. The van der Waals surface area contributed by atoms with Crippen LogP contribution in [-0.4, -0.2) is 10.9 Å². The second kappa shape index (κ2) is 6.34. The van der Waals surface area contributed by atoms with E-state index in [1.807, 2.05) is 36.4 Å². The minimum atomic E-state index is -0.859. The Hall–Kier alpha value is -2.65. The summed E-state index contributed by atoms with van der Waals surface area (Å²) in [6.07, 6.45) is 3.15. The number of hydrogen-bond donors (Lipinski definition) is 1. The number of amides is 1. The number of carbonyl (C=O) groups excluding carboxylic acids is 1. The number of nitrogens with zero attached hydrogens (tertiary/aromatic N) is 2. The molecule has 0 radical (unpaired) electrons. The molecule has 25 heavy (non-hydrogen) atoms. The Bertz CT molecular complexity index is 927. The van der Waals surface area contributed by atoms with Crippen LogP contribution in [0.1, 0.15) is 31.4 Å². The summed E-state index contributed by atoms with van der Waals surface area (Å²) in [4.78, 5) is 17.0. The molecule has 6 heteroatoms. The quantitative estimate of drug-likeness (QED) is 0.762. The summed E-state index contributed by atoms with van der Waals surface area (Å²) in [5.41, 5.74) is 0.0913. The topological polar surface area (TPSA) is 78.9 Å². The van der Waals surface area contributed by atoms with Gasteiger partial charge in [0.15, 0.2) is 10.8 Å². The lowest BCUT2D eigenvalue weighted by atomic mass is 9.87. The number of furan rings is 1. The molecule has 2 aromatic heterocycles. The Morgan fingerprint density at radius 1 is 1.28 bits per heavy atom. The molecule has 1 aliphatic rings. The van der Waals surface area contributed by atoms with Crippen molar-refractivity contribution in [3.8, 4) is 16.8 Å². The fraction of sp³-hybridized carbons (Fsp3) is 0.316. The number of para-hydroxylation sites is 1. The number of aromatic nitrogens is 1. The number of rotatable bonds is 4. The van der Waals surface area contributed by atoms with Gasteiger partial charge in [0.1, 0.15) is 11.2 Å². The van der Waals surface area contributed by atoms with E-state index in [0.717, 1.165) is 28.1 Å². The van der Waals surface area contributed by atoms with Crippen LogP contribution in [0.4, 0.5) is 0 Å². The normalized spacial score (nSPS) is 16.0. The molecule has 0 spiro atoms. The van der Waals surface area contributed by atoms with E-state index < -0.39 is 5.41 Å². The lowest BCUT2D eigenvalue weighted by molar-refractivity contribution is -0.128. The molecule has 1 fully saturated rings. The second-order valence-electron chi connectivity index (χ2n) is 6.34. The number of thiazole rings is 1. The molecule has 2 heterocycles. The van der Waals surface area contributed by atoms with Gasteiger partial charge in [-0.2, -0.15) is 5.26 Å². The van der Waals surface area contributed by atoms with E-state index in [-0.39, 0.29) is 12.5 Å². The maximum absolute atomic E-state index is 12.4. The van der Waals surface area contributed by atoms with Gasteiger partial charge in [0.2, 0.25) is 5.91 Å². The van der Waals surface area contributed by atoms with Gasteiger partial charge in [0.25, 0.3) is 0 Å². The average Bonchev–Trinajstić information content (AvgIpc) is 3.38. The Morgan fingerprint density at radius 2 is 2.08 bits per heavy atom. The predicted octanol–water partition coefficient (Wildman–Crippen LogP) is 4.26. The van der Waals surface area contributed by atoms with Gasteiger partial charge in [0, 0.05) is 0 Å². The highest BCUT2D eigenvalue weighted by Gasteiger charge is 2.41. The monoisotopic (exact) mass is 351 g/mol. The first-order valence-electron chi connectivity index (χ1n) is 8.34. The first-order chi connectivity index (χ1) is 12.2. The predicted molar refractivity (Wildman–Crippen MR) is 95.7 cm³/mol. The molecule has 3 aromatic rings. The highest BCUT2D eigenvalue weighted by molar-refractivity contribution is 7.21. The third-order valence-electron chi connectivity index (χ3n) is 4.70. The van der Waals surface area contributed by atoms with Crippen LogP contribution in [0.5, 0.6) is 0 Å². The summed E-state index contributed by atoms with van der Waals surface area (Å²) in [7, 11) is 0. The molecule has 5 nitrogen and oxygen atoms in total. The minimum absolute atomic E-state index is 0.189. The number of fused-ring (bicyclic) bond motifs is 1. The van der Waals surface area contributed by atoms with Crippen LogP contribution in [0.15, 0.2) is 40.8 Å². The zero-order chi connectivity index (χ0) is 17.3. The van der Waals surface area contributed by atoms with Crippen molar-refractivity contribution >= 4 is 27.5 Å². The molecular weight excluding hydrogens is 334 g/mol. The molecule has 0 bridgehead atoms. The minimum Gasteiger partial charge on any atom is -0.457 e. The number of nitrogens with one attached hydrogen (secondary N) is 1. The summed E-state index contributed by atoms with van der Waals surface area (Å²) < 4.78 is 6.94. The zero-order valence-electron chi connectivity index (χ0n) is 13.6. The van der Waals surface area contributed by atoms with Crippen LogP contribution in [0, 0.1) is 16.7 Å². The molecule has 1 saturated carbocycles. The van der Waals surface area contributed by atoms with Crippen molar-refractivity contribution in [3.63, 3.8) is 0 Å². The Labute approximate surface area is 149 Å². The first-order valence-corrected chi connectivity index (χ1v) is 9.16. The fourth-order valence-electron chi connectivity index (χ4n) is 3.27. The summed E-state index contributed by atoms with van der Waals surface area (Å²) in [6, 6.07) is 13.9. The van der Waals surface area contributed by atoms with E-state index in [2.05, 4.69) is 16.4 Å². The first kappa shape index (κ1) is 15.9.